The van der Waals surface area contributed by atoms with Crippen molar-refractivity contribution < 1.29 is 14.6 Å². The molecule has 0 fully saturated rings. The summed E-state index contributed by atoms with van der Waals surface area (Å²) in [4.78, 5) is 0. The van der Waals surface area contributed by atoms with Gasteiger partial charge < -0.3 is 25.2 Å². The zero-order chi connectivity index (χ0) is 19.5. The first-order chi connectivity index (χ1) is 13.1. The molecule has 0 aliphatic carbocycles. The largest absolute Gasteiger partial charge is 0.490 e. The van der Waals surface area contributed by atoms with Gasteiger partial charge in [-0.2, -0.15) is 0 Å². The summed E-state index contributed by atoms with van der Waals surface area (Å²) >= 11 is 12.4. The quantitative estimate of drug-likeness (QED) is 0.464. The average molecular weight is 413 g/mol. The molecule has 0 spiro atoms. The molecule has 0 atom stereocenters. The van der Waals surface area contributed by atoms with E-state index in [0.717, 1.165) is 24.2 Å². The highest BCUT2D eigenvalue weighted by Crippen LogP contribution is 2.37. The van der Waals surface area contributed by atoms with Crippen LogP contribution in [-0.4, -0.2) is 38.0 Å². The maximum Gasteiger partial charge on any atom is 0.180 e. The van der Waals surface area contributed by atoms with Crippen LogP contribution in [0.2, 0.25) is 10.0 Å². The lowest BCUT2D eigenvalue weighted by atomic mass is 10.2. The summed E-state index contributed by atoms with van der Waals surface area (Å²) in [6.07, 6.45) is 0. The molecule has 7 heteroatoms. The van der Waals surface area contributed by atoms with Gasteiger partial charge in [0.05, 0.1) is 18.2 Å². The van der Waals surface area contributed by atoms with Crippen molar-refractivity contribution in [1.29, 1.82) is 0 Å². The number of nitrogens with one attached hydrogen (secondary N) is 2. The van der Waals surface area contributed by atoms with Gasteiger partial charge in [0.25, 0.3) is 0 Å². The Kier molecular flexibility index (Phi) is 9.73. The van der Waals surface area contributed by atoms with E-state index in [1.54, 1.807) is 0 Å². The van der Waals surface area contributed by atoms with Gasteiger partial charge in [-0.05, 0) is 42.3 Å². The maximum absolute atomic E-state index is 8.74. The van der Waals surface area contributed by atoms with Crippen LogP contribution >= 0.6 is 23.2 Å². The second kappa shape index (κ2) is 12.1. The van der Waals surface area contributed by atoms with Gasteiger partial charge in [-0.15, -0.1) is 0 Å². The van der Waals surface area contributed by atoms with Gasteiger partial charge in [-0.25, -0.2) is 0 Å². The van der Waals surface area contributed by atoms with Crippen LogP contribution in [0.1, 0.15) is 18.1 Å². The Balaban J connectivity index is 1.98. The Bertz CT molecular complexity index is 696. The molecule has 2 rings (SSSR count). The summed E-state index contributed by atoms with van der Waals surface area (Å²) in [5.74, 6) is 1.18. The highest BCUT2D eigenvalue weighted by molar-refractivity contribution is 6.32. The summed E-state index contributed by atoms with van der Waals surface area (Å²) in [7, 11) is 0. The molecule has 0 unspecified atom stereocenters. The van der Waals surface area contributed by atoms with Crippen molar-refractivity contribution in [1.82, 2.24) is 10.6 Å². The molecule has 0 amide bonds. The molecule has 0 saturated carbocycles. The number of rotatable bonds is 12. The van der Waals surface area contributed by atoms with Gasteiger partial charge in [-0.1, -0.05) is 35.3 Å². The minimum atomic E-state index is 0.144. The highest BCUT2D eigenvalue weighted by atomic mass is 35.5. The lowest BCUT2D eigenvalue weighted by Gasteiger charge is -2.16. The fourth-order valence-electron chi connectivity index (χ4n) is 2.48. The summed E-state index contributed by atoms with van der Waals surface area (Å²) in [5.41, 5.74) is 2.02. The number of ether oxygens (including phenoxy) is 2. The molecule has 0 aromatic heterocycles. The van der Waals surface area contributed by atoms with Crippen molar-refractivity contribution >= 4 is 23.2 Å². The summed E-state index contributed by atoms with van der Waals surface area (Å²) in [6.45, 7) is 5.81. The Morgan fingerprint density at radius 3 is 2.37 bits per heavy atom. The number of hydrogen-bond donors (Lipinski definition) is 3. The van der Waals surface area contributed by atoms with Gasteiger partial charge in [0.2, 0.25) is 0 Å². The van der Waals surface area contributed by atoms with E-state index >= 15 is 0 Å². The van der Waals surface area contributed by atoms with E-state index in [9.17, 15) is 0 Å². The molecule has 2 aromatic rings. The normalized spacial score (nSPS) is 10.8. The first kappa shape index (κ1) is 21.8. The third-order valence-corrected chi connectivity index (χ3v) is 4.29. The van der Waals surface area contributed by atoms with Crippen LogP contribution in [0.5, 0.6) is 11.5 Å². The third kappa shape index (κ3) is 7.56. The monoisotopic (exact) mass is 412 g/mol. The Morgan fingerprint density at radius 1 is 0.926 bits per heavy atom. The van der Waals surface area contributed by atoms with E-state index < -0.39 is 0 Å². The van der Waals surface area contributed by atoms with Crippen LogP contribution < -0.4 is 20.1 Å². The van der Waals surface area contributed by atoms with E-state index in [1.807, 2.05) is 43.3 Å². The molecule has 27 heavy (non-hydrogen) atoms. The van der Waals surface area contributed by atoms with E-state index in [1.165, 1.54) is 0 Å². The number of hydrogen-bond acceptors (Lipinski definition) is 5. The van der Waals surface area contributed by atoms with Crippen LogP contribution in [-0.2, 0) is 13.2 Å². The predicted octanol–water partition coefficient (Wildman–Crippen LogP) is 3.64. The highest BCUT2D eigenvalue weighted by Gasteiger charge is 2.13. The molecule has 0 bridgehead atoms. The summed E-state index contributed by atoms with van der Waals surface area (Å²) in [5, 5.41) is 16.4. The van der Waals surface area contributed by atoms with Gasteiger partial charge >= 0.3 is 0 Å². The lowest BCUT2D eigenvalue weighted by molar-refractivity contribution is 0.269. The minimum Gasteiger partial charge on any atom is -0.490 e. The first-order valence-electron chi connectivity index (χ1n) is 8.98. The predicted molar refractivity (Wildman–Crippen MR) is 110 cm³/mol. The molecule has 2 aromatic carbocycles. The van der Waals surface area contributed by atoms with Gasteiger partial charge in [-0.3, -0.25) is 0 Å². The Morgan fingerprint density at radius 2 is 1.67 bits per heavy atom. The standard InChI is InChI=1S/C20H26Cl2N2O3/c1-2-26-19-12-16(13-24-8-7-23-9-10-25)11-18(22)20(19)27-14-15-3-5-17(21)6-4-15/h3-6,11-12,23-25H,2,7-10,13-14H2,1H3. The van der Waals surface area contributed by atoms with Gasteiger partial charge in [0.15, 0.2) is 11.5 Å². The number of halogens is 2. The zero-order valence-corrected chi connectivity index (χ0v) is 16.9. The smallest absolute Gasteiger partial charge is 0.180 e. The molecule has 0 aliphatic heterocycles. The molecule has 0 radical (unpaired) electrons. The van der Waals surface area contributed by atoms with E-state index in [2.05, 4.69) is 10.6 Å². The molecular weight excluding hydrogens is 387 g/mol. The number of aliphatic hydroxyl groups is 1. The molecule has 5 nitrogen and oxygen atoms in total. The van der Waals surface area contributed by atoms with Gasteiger partial charge in [0, 0.05) is 31.2 Å². The zero-order valence-electron chi connectivity index (χ0n) is 15.4. The Labute approximate surface area is 170 Å². The molecule has 3 N–H and O–H groups in total. The van der Waals surface area contributed by atoms with E-state index in [4.69, 9.17) is 37.8 Å². The molecule has 0 heterocycles. The third-order valence-electron chi connectivity index (χ3n) is 3.76. The van der Waals surface area contributed by atoms with Crippen LogP contribution in [0.25, 0.3) is 0 Å². The van der Waals surface area contributed by atoms with Gasteiger partial charge in [0.1, 0.15) is 6.61 Å². The maximum atomic E-state index is 8.74. The minimum absolute atomic E-state index is 0.144. The van der Waals surface area contributed by atoms with E-state index in [0.29, 0.717) is 47.8 Å². The van der Waals surface area contributed by atoms with Crippen molar-refractivity contribution in [3.05, 3.63) is 57.6 Å². The topological polar surface area (TPSA) is 62.8 Å². The van der Waals surface area contributed by atoms with Crippen molar-refractivity contribution in [2.75, 3.05) is 32.8 Å². The fourth-order valence-corrected chi connectivity index (χ4v) is 2.89. The molecular formula is C20H26Cl2N2O3. The number of benzene rings is 2. The van der Waals surface area contributed by atoms with Crippen LogP contribution in [0.4, 0.5) is 0 Å². The van der Waals surface area contributed by atoms with Crippen molar-refractivity contribution in [3.8, 4) is 11.5 Å². The summed E-state index contributed by atoms with van der Waals surface area (Å²) < 4.78 is 11.6. The van der Waals surface area contributed by atoms with Crippen molar-refractivity contribution in [2.24, 2.45) is 0 Å². The average Bonchev–Trinajstić information content (AvgIpc) is 2.65. The number of aliphatic hydroxyl groups excluding tert-OH is 1. The van der Waals surface area contributed by atoms with E-state index in [-0.39, 0.29) is 6.61 Å². The molecule has 0 aliphatic rings. The second-order valence-corrected chi connectivity index (χ2v) is 6.75. The SMILES string of the molecule is CCOc1cc(CNCCNCCO)cc(Cl)c1OCc1ccc(Cl)cc1. The van der Waals surface area contributed by atoms with Crippen molar-refractivity contribution in [3.63, 3.8) is 0 Å². The van der Waals surface area contributed by atoms with Crippen LogP contribution in [0.3, 0.4) is 0 Å². The fraction of sp³-hybridized carbons (Fsp3) is 0.400. The van der Waals surface area contributed by atoms with Crippen molar-refractivity contribution in [2.45, 2.75) is 20.1 Å². The summed E-state index contributed by atoms with van der Waals surface area (Å²) in [6, 6.07) is 11.3. The first-order valence-corrected chi connectivity index (χ1v) is 9.74. The molecule has 0 saturated heterocycles. The van der Waals surface area contributed by atoms with Crippen LogP contribution in [0, 0.1) is 0 Å². The second-order valence-electron chi connectivity index (χ2n) is 5.90. The molecule has 148 valence electrons. The Hall–Kier alpha value is -1.50. The lowest BCUT2D eigenvalue weighted by Crippen LogP contribution is -2.28. The van der Waals surface area contributed by atoms with Crippen LogP contribution in [0.15, 0.2) is 36.4 Å².